The lowest BCUT2D eigenvalue weighted by Gasteiger charge is -2.03. The summed E-state index contributed by atoms with van der Waals surface area (Å²) in [4.78, 5) is 14.2. The van der Waals surface area contributed by atoms with E-state index in [9.17, 15) is 9.18 Å². The predicted molar refractivity (Wildman–Crippen MR) is 59.3 cm³/mol. The lowest BCUT2D eigenvalue weighted by Crippen LogP contribution is -2.01. The molecule has 0 amide bonds. The number of hydrogen-bond donors (Lipinski definition) is 2. The molecular weight excluding hydrogens is 209 g/mol. The molecule has 0 saturated carbocycles. The number of nitrogens with one attached hydrogen (secondary N) is 1. The van der Waals surface area contributed by atoms with Crippen molar-refractivity contribution in [2.75, 3.05) is 0 Å². The van der Waals surface area contributed by atoms with Gasteiger partial charge in [0.1, 0.15) is 5.82 Å². The molecule has 0 unspecified atom stereocenters. The van der Waals surface area contributed by atoms with E-state index < -0.39 is 11.8 Å². The lowest BCUT2D eigenvalue weighted by molar-refractivity contribution is 0.0697. The summed E-state index contributed by atoms with van der Waals surface area (Å²) >= 11 is 0. The first-order chi connectivity index (χ1) is 7.50. The summed E-state index contributed by atoms with van der Waals surface area (Å²) in [6.45, 7) is 3.79. The van der Waals surface area contributed by atoms with Gasteiger partial charge in [-0.15, -0.1) is 0 Å². The highest BCUT2D eigenvalue weighted by atomic mass is 19.1. The molecule has 84 valence electrons. The number of aromatic carboxylic acids is 1. The van der Waals surface area contributed by atoms with Gasteiger partial charge in [0.25, 0.3) is 0 Å². The molecule has 0 bridgehead atoms. The van der Waals surface area contributed by atoms with E-state index in [1.54, 1.807) is 6.07 Å². The van der Waals surface area contributed by atoms with Gasteiger partial charge in [-0.05, 0) is 24.1 Å². The first-order valence-corrected chi connectivity index (χ1v) is 5.05. The topological polar surface area (TPSA) is 53.1 Å². The smallest absolute Gasteiger partial charge is 0.338 e. The first-order valence-electron chi connectivity index (χ1n) is 5.05. The molecule has 0 aliphatic heterocycles. The van der Waals surface area contributed by atoms with E-state index in [4.69, 9.17) is 5.11 Å². The monoisotopic (exact) mass is 221 g/mol. The highest BCUT2D eigenvalue weighted by molar-refractivity contribution is 6.04. The maximum Gasteiger partial charge on any atom is 0.338 e. The third kappa shape index (κ3) is 1.56. The molecule has 1 aromatic heterocycles. The Kier molecular flexibility index (Phi) is 2.42. The Bertz CT molecular complexity index is 557. The van der Waals surface area contributed by atoms with Gasteiger partial charge in [0.15, 0.2) is 0 Å². The van der Waals surface area contributed by atoms with Crippen molar-refractivity contribution in [3.8, 4) is 0 Å². The molecule has 0 radical (unpaired) electrons. The second-order valence-corrected chi connectivity index (χ2v) is 4.06. The highest BCUT2D eigenvalue weighted by Crippen LogP contribution is 2.28. The van der Waals surface area contributed by atoms with Crippen molar-refractivity contribution < 1.29 is 14.3 Å². The average molecular weight is 221 g/mol. The minimum Gasteiger partial charge on any atom is -0.478 e. The van der Waals surface area contributed by atoms with Crippen LogP contribution in [0.5, 0.6) is 0 Å². The molecule has 0 saturated heterocycles. The number of aromatic nitrogens is 1. The van der Waals surface area contributed by atoms with Crippen LogP contribution in [0.4, 0.5) is 4.39 Å². The molecule has 0 spiro atoms. The van der Waals surface area contributed by atoms with Crippen LogP contribution in [0.3, 0.4) is 0 Å². The van der Waals surface area contributed by atoms with Gasteiger partial charge >= 0.3 is 5.97 Å². The lowest BCUT2D eigenvalue weighted by atomic mass is 10.0. The van der Waals surface area contributed by atoms with Crippen LogP contribution in [-0.2, 0) is 0 Å². The Balaban J connectivity index is 2.82. The largest absolute Gasteiger partial charge is 0.478 e. The summed E-state index contributed by atoms with van der Waals surface area (Å²) < 4.78 is 13.1. The van der Waals surface area contributed by atoms with E-state index in [2.05, 4.69) is 4.98 Å². The van der Waals surface area contributed by atoms with Gasteiger partial charge in [-0.1, -0.05) is 13.8 Å². The maximum absolute atomic E-state index is 13.1. The standard InChI is InChI=1S/C12H12FNO2/c1-6(2)11-10(12(15)16)8-5-7(13)3-4-9(8)14-11/h3-6,14H,1-2H3,(H,15,16). The summed E-state index contributed by atoms with van der Waals surface area (Å²) in [7, 11) is 0. The van der Waals surface area contributed by atoms with Gasteiger partial charge in [-0.3, -0.25) is 0 Å². The summed E-state index contributed by atoms with van der Waals surface area (Å²) in [5.74, 6) is -1.40. The summed E-state index contributed by atoms with van der Waals surface area (Å²) in [5.41, 5.74) is 1.46. The van der Waals surface area contributed by atoms with Crippen LogP contribution < -0.4 is 0 Å². The Morgan fingerprint density at radius 3 is 2.69 bits per heavy atom. The second kappa shape index (κ2) is 3.63. The Morgan fingerprint density at radius 2 is 2.12 bits per heavy atom. The minimum atomic E-state index is -1.03. The fourth-order valence-electron chi connectivity index (χ4n) is 1.85. The van der Waals surface area contributed by atoms with E-state index in [0.717, 1.165) is 0 Å². The fourth-order valence-corrected chi connectivity index (χ4v) is 1.85. The molecule has 0 aliphatic carbocycles. The third-order valence-electron chi connectivity index (χ3n) is 2.58. The fraction of sp³-hybridized carbons (Fsp3) is 0.250. The van der Waals surface area contributed by atoms with E-state index in [0.29, 0.717) is 16.6 Å². The number of aromatic amines is 1. The van der Waals surface area contributed by atoms with Crippen molar-refractivity contribution in [2.24, 2.45) is 0 Å². The van der Waals surface area contributed by atoms with Crippen LogP contribution >= 0.6 is 0 Å². The zero-order chi connectivity index (χ0) is 11.9. The van der Waals surface area contributed by atoms with Gasteiger partial charge in [-0.25, -0.2) is 9.18 Å². The number of benzene rings is 1. The van der Waals surface area contributed by atoms with Gasteiger partial charge < -0.3 is 10.1 Å². The molecule has 2 N–H and O–H groups in total. The zero-order valence-corrected chi connectivity index (χ0v) is 9.04. The SMILES string of the molecule is CC(C)c1[nH]c2ccc(F)cc2c1C(=O)O. The second-order valence-electron chi connectivity index (χ2n) is 4.06. The summed E-state index contributed by atoms with van der Waals surface area (Å²) in [5, 5.41) is 9.58. The number of halogens is 1. The molecule has 2 rings (SSSR count). The molecule has 0 atom stereocenters. The van der Waals surface area contributed by atoms with Crippen molar-refractivity contribution in [3.63, 3.8) is 0 Å². The number of hydrogen-bond acceptors (Lipinski definition) is 1. The van der Waals surface area contributed by atoms with Gasteiger partial charge in [0, 0.05) is 16.6 Å². The van der Waals surface area contributed by atoms with E-state index in [1.807, 2.05) is 13.8 Å². The number of rotatable bonds is 2. The molecule has 1 aromatic carbocycles. The van der Waals surface area contributed by atoms with Crippen LogP contribution in [-0.4, -0.2) is 16.1 Å². The summed E-state index contributed by atoms with van der Waals surface area (Å²) in [6, 6.07) is 4.12. The van der Waals surface area contributed by atoms with Crippen LogP contribution in [0.2, 0.25) is 0 Å². The highest BCUT2D eigenvalue weighted by Gasteiger charge is 2.19. The molecule has 2 aromatic rings. The summed E-state index contributed by atoms with van der Waals surface area (Å²) in [6.07, 6.45) is 0. The number of carboxylic acid groups (broad SMARTS) is 1. The van der Waals surface area contributed by atoms with E-state index in [1.165, 1.54) is 12.1 Å². The van der Waals surface area contributed by atoms with Crippen LogP contribution in [0.25, 0.3) is 10.9 Å². The number of H-pyrrole nitrogens is 1. The molecule has 0 aliphatic rings. The zero-order valence-electron chi connectivity index (χ0n) is 9.04. The van der Waals surface area contributed by atoms with E-state index in [-0.39, 0.29) is 11.5 Å². The average Bonchev–Trinajstić information content (AvgIpc) is 2.55. The van der Waals surface area contributed by atoms with Crippen molar-refractivity contribution in [1.82, 2.24) is 4.98 Å². The van der Waals surface area contributed by atoms with Crippen molar-refractivity contribution in [2.45, 2.75) is 19.8 Å². The number of carboxylic acids is 1. The molecule has 1 heterocycles. The Labute approximate surface area is 91.9 Å². The van der Waals surface area contributed by atoms with Gasteiger partial charge in [0.2, 0.25) is 0 Å². The van der Waals surface area contributed by atoms with E-state index >= 15 is 0 Å². The molecule has 16 heavy (non-hydrogen) atoms. The third-order valence-corrected chi connectivity index (χ3v) is 2.58. The van der Waals surface area contributed by atoms with Crippen LogP contribution in [0, 0.1) is 5.82 Å². The van der Waals surface area contributed by atoms with Gasteiger partial charge in [0.05, 0.1) is 5.56 Å². The van der Waals surface area contributed by atoms with Crippen molar-refractivity contribution >= 4 is 16.9 Å². The molecule has 0 fully saturated rings. The Morgan fingerprint density at radius 1 is 1.44 bits per heavy atom. The normalized spacial score (nSPS) is 11.2. The molecular formula is C12H12FNO2. The van der Waals surface area contributed by atoms with Gasteiger partial charge in [-0.2, -0.15) is 0 Å². The predicted octanol–water partition coefficient (Wildman–Crippen LogP) is 3.13. The Hall–Kier alpha value is -1.84. The minimum absolute atomic E-state index is 0.0570. The molecule has 4 heteroatoms. The number of carbonyl (C=O) groups is 1. The maximum atomic E-state index is 13.1. The first kappa shape index (κ1) is 10.7. The van der Waals surface area contributed by atoms with Crippen molar-refractivity contribution in [3.05, 3.63) is 35.3 Å². The molecule has 3 nitrogen and oxygen atoms in total. The number of fused-ring (bicyclic) bond motifs is 1. The quantitative estimate of drug-likeness (QED) is 0.818. The van der Waals surface area contributed by atoms with Crippen LogP contribution in [0.15, 0.2) is 18.2 Å². The van der Waals surface area contributed by atoms with Crippen molar-refractivity contribution in [1.29, 1.82) is 0 Å². The van der Waals surface area contributed by atoms with Crippen LogP contribution in [0.1, 0.15) is 35.8 Å².